The third-order valence-corrected chi connectivity index (χ3v) is 5.67. The SMILES string of the molecule is COc1cc(CN(CCNC(=O)c2ccc(Cl)cc2)C(=O)C(C)C)ccc1OCc1ccccc1. The average molecular weight is 495 g/mol. The lowest BCUT2D eigenvalue weighted by Gasteiger charge is -2.25. The van der Waals surface area contributed by atoms with Crippen molar-refractivity contribution in [3.8, 4) is 11.5 Å². The van der Waals surface area contributed by atoms with Crippen LogP contribution in [0.4, 0.5) is 0 Å². The minimum atomic E-state index is -0.208. The first kappa shape index (κ1) is 26.1. The van der Waals surface area contributed by atoms with Gasteiger partial charge in [0.1, 0.15) is 6.61 Å². The van der Waals surface area contributed by atoms with Crippen LogP contribution in [-0.2, 0) is 17.9 Å². The van der Waals surface area contributed by atoms with Gasteiger partial charge in [0.05, 0.1) is 7.11 Å². The first-order chi connectivity index (χ1) is 16.9. The highest BCUT2D eigenvalue weighted by atomic mass is 35.5. The van der Waals surface area contributed by atoms with Crippen molar-refractivity contribution in [2.45, 2.75) is 27.0 Å². The van der Waals surface area contributed by atoms with Crippen molar-refractivity contribution in [1.29, 1.82) is 0 Å². The molecule has 0 aromatic heterocycles. The van der Waals surface area contributed by atoms with Crippen LogP contribution in [0, 0.1) is 5.92 Å². The summed E-state index contributed by atoms with van der Waals surface area (Å²) in [4.78, 5) is 27.0. The van der Waals surface area contributed by atoms with E-state index in [1.807, 2.05) is 62.4 Å². The number of carbonyl (C=O) groups excluding carboxylic acids is 2. The topological polar surface area (TPSA) is 67.9 Å². The Morgan fingerprint density at radius 2 is 1.66 bits per heavy atom. The number of nitrogens with zero attached hydrogens (tertiary/aromatic N) is 1. The van der Waals surface area contributed by atoms with Gasteiger partial charge in [-0.25, -0.2) is 0 Å². The van der Waals surface area contributed by atoms with Crippen LogP contribution in [-0.4, -0.2) is 36.9 Å². The molecule has 0 unspecified atom stereocenters. The van der Waals surface area contributed by atoms with Gasteiger partial charge in [-0.05, 0) is 47.5 Å². The van der Waals surface area contributed by atoms with E-state index in [1.165, 1.54) is 0 Å². The second kappa shape index (κ2) is 12.8. The Hall–Kier alpha value is -3.51. The predicted molar refractivity (Wildman–Crippen MR) is 138 cm³/mol. The zero-order valence-electron chi connectivity index (χ0n) is 20.3. The number of rotatable bonds is 11. The third kappa shape index (κ3) is 7.76. The molecule has 0 saturated carbocycles. The molecule has 3 aromatic carbocycles. The lowest BCUT2D eigenvalue weighted by atomic mass is 10.1. The fraction of sp³-hybridized carbons (Fsp3) is 0.286. The zero-order chi connectivity index (χ0) is 25.2. The molecule has 0 aliphatic rings. The first-order valence-electron chi connectivity index (χ1n) is 11.5. The summed E-state index contributed by atoms with van der Waals surface area (Å²) in [6.45, 7) is 5.26. The van der Waals surface area contributed by atoms with Gasteiger partial charge in [0, 0.05) is 36.1 Å². The van der Waals surface area contributed by atoms with E-state index >= 15 is 0 Å². The summed E-state index contributed by atoms with van der Waals surface area (Å²) in [5, 5.41) is 3.44. The zero-order valence-corrected chi connectivity index (χ0v) is 21.0. The van der Waals surface area contributed by atoms with Crippen molar-refractivity contribution in [2.24, 2.45) is 5.92 Å². The molecule has 0 heterocycles. The molecule has 3 rings (SSSR count). The molecule has 0 aliphatic heterocycles. The number of benzene rings is 3. The van der Waals surface area contributed by atoms with Crippen molar-refractivity contribution in [3.05, 3.63) is 94.5 Å². The van der Waals surface area contributed by atoms with Crippen molar-refractivity contribution in [3.63, 3.8) is 0 Å². The van der Waals surface area contributed by atoms with Crippen LogP contribution >= 0.6 is 11.6 Å². The highest BCUT2D eigenvalue weighted by molar-refractivity contribution is 6.30. The van der Waals surface area contributed by atoms with E-state index in [0.29, 0.717) is 48.3 Å². The van der Waals surface area contributed by atoms with Crippen molar-refractivity contribution in [2.75, 3.05) is 20.2 Å². The van der Waals surface area contributed by atoms with E-state index in [-0.39, 0.29) is 17.7 Å². The van der Waals surface area contributed by atoms with Gasteiger partial charge in [-0.1, -0.05) is 61.8 Å². The summed E-state index contributed by atoms with van der Waals surface area (Å²) in [6.07, 6.45) is 0. The number of hydrogen-bond donors (Lipinski definition) is 1. The van der Waals surface area contributed by atoms with Gasteiger partial charge in [-0.3, -0.25) is 9.59 Å². The lowest BCUT2D eigenvalue weighted by molar-refractivity contribution is -0.135. The molecule has 0 radical (unpaired) electrons. The highest BCUT2D eigenvalue weighted by Gasteiger charge is 2.19. The Morgan fingerprint density at radius 3 is 2.31 bits per heavy atom. The fourth-order valence-corrected chi connectivity index (χ4v) is 3.65. The maximum atomic E-state index is 12.9. The van der Waals surface area contributed by atoms with E-state index in [2.05, 4.69) is 5.32 Å². The normalized spacial score (nSPS) is 10.7. The maximum Gasteiger partial charge on any atom is 0.251 e. The van der Waals surface area contributed by atoms with E-state index in [1.54, 1.807) is 36.3 Å². The van der Waals surface area contributed by atoms with Crippen LogP contribution in [0.2, 0.25) is 5.02 Å². The molecule has 0 aliphatic carbocycles. The Kier molecular flexibility index (Phi) is 9.56. The van der Waals surface area contributed by atoms with Crippen LogP contribution in [0.25, 0.3) is 0 Å². The van der Waals surface area contributed by atoms with Gasteiger partial charge in [0.2, 0.25) is 5.91 Å². The summed E-state index contributed by atoms with van der Waals surface area (Å²) in [7, 11) is 1.60. The van der Waals surface area contributed by atoms with Crippen LogP contribution in [0.15, 0.2) is 72.8 Å². The minimum absolute atomic E-state index is 0.00844. The first-order valence-corrected chi connectivity index (χ1v) is 11.9. The number of ether oxygens (including phenoxy) is 2. The Balaban J connectivity index is 1.63. The molecule has 0 saturated heterocycles. The number of halogens is 1. The minimum Gasteiger partial charge on any atom is -0.493 e. The second-order valence-electron chi connectivity index (χ2n) is 8.44. The highest BCUT2D eigenvalue weighted by Crippen LogP contribution is 2.29. The number of nitrogens with one attached hydrogen (secondary N) is 1. The largest absolute Gasteiger partial charge is 0.493 e. The molecule has 2 amide bonds. The molecule has 0 bridgehead atoms. The van der Waals surface area contributed by atoms with Crippen LogP contribution in [0.5, 0.6) is 11.5 Å². The Morgan fingerprint density at radius 1 is 0.943 bits per heavy atom. The van der Waals surface area contributed by atoms with Crippen molar-refractivity contribution in [1.82, 2.24) is 10.2 Å². The van der Waals surface area contributed by atoms with Gasteiger partial charge in [0.25, 0.3) is 5.91 Å². The van der Waals surface area contributed by atoms with Gasteiger partial charge in [-0.2, -0.15) is 0 Å². The summed E-state index contributed by atoms with van der Waals surface area (Å²) in [5.74, 6) is 0.870. The molecule has 35 heavy (non-hydrogen) atoms. The lowest BCUT2D eigenvalue weighted by Crippen LogP contribution is -2.40. The third-order valence-electron chi connectivity index (χ3n) is 5.42. The molecule has 6 nitrogen and oxygen atoms in total. The Bertz CT molecular complexity index is 1120. The molecule has 0 fully saturated rings. The molecule has 7 heteroatoms. The summed E-state index contributed by atoms with van der Waals surface area (Å²) < 4.78 is 11.5. The van der Waals surface area contributed by atoms with E-state index in [4.69, 9.17) is 21.1 Å². The van der Waals surface area contributed by atoms with Gasteiger partial charge in [0.15, 0.2) is 11.5 Å². The quantitative estimate of drug-likeness (QED) is 0.390. The monoisotopic (exact) mass is 494 g/mol. The van der Waals surface area contributed by atoms with Gasteiger partial charge in [-0.15, -0.1) is 0 Å². The van der Waals surface area contributed by atoms with Gasteiger partial charge >= 0.3 is 0 Å². The van der Waals surface area contributed by atoms with Crippen LogP contribution in [0.1, 0.15) is 35.3 Å². The summed E-state index contributed by atoms with van der Waals surface area (Å²) in [5.41, 5.74) is 2.49. The van der Waals surface area contributed by atoms with Crippen molar-refractivity contribution >= 4 is 23.4 Å². The second-order valence-corrected chi connectivity index (χ2v) is 8.87. The standard InChI is InChI=1S/C28H31ClN2O4/c1-20(2)28(33)31(16-15-30-27(32)23-10-12-24(29)13-11-23)18-22-9-14-25(26(17-22)34-3)35-19-21-7-5-4-6-8-21/h4-14,17,20H,15-16,18-19H2,1-3H3,(H,30,32). The predicted octanol–water partition coefficient (Wildman–Crippen LogP) is 5.34. The smallest absolute Gasteiger partial charge is 0.251 e. The van der Waals surface area contributed by atoms with E-state index in [0.717, 1.165) is 11.1 Å². The molecular weight excluding hydrogens is 464 g/mol. The number of hydrogen-bond acceptors (Lipinski definition) is 4. The van der Waals surface area contributed by atoms with E-state index < -0.39 is 0 Å². The Labute approximate surface area is 211 Å². The van der Waals surface area contributed by atoms with E-state index in [9.17, 15) is 9.59 Å². The molecule has 0 spiro atoms. The molecule has 1 N–H and O–H groups in total. The van der Waals surface area contributed by atoms with Crippen LogP contribution in [0.3, 0.4) is 0 Å². The van der Waals surface area contributed by atoms with Crippen LogP contribution < -0.4 is 14.8 Å². The molecular formula is C28H31ClN2O4. The van der Waals surface area contributed by atoms with Gasteiger partial charge < -0.3 is 19.7 Å². The number of methoxy groups -OCH3 is 1. The summed E-state index contributed by atoms with van der Waals surface area (Å²) >= 11 is 5.89. The number of carbonyl (C=O) groups is 2. The molecule has 0 atom stereocenters. The average Bonchev–Trinajstić information content (AvgIpc) is 2.87. The molecule has 3 aromatic rings. The molecule has 184 valence electrons. The fourth-order valence-electron chi connectivity index (χ4n) is 3.53. The summed E-state index contributed by atoms with van der Waals surface area (Å²) in [6, 6.07) is 22.3. The maximum absolute atomic E-state index is 12.9. The van der Waals surface area contributed by atoms with Crippen molar-refractivity contribution < 1.29 is 19.1 Å². The number of amides is 2.